The van der Waals surface area contributed by atoms with Crippen molar-refractivity contribution in [3.05, 3.63) is 113 Å². The molecule has 0 atom stereocenters. The predicted molar refractivity (Wildman–Crippen MR) is 116 cm³/mol. The Hall–Kier alpha value is -3.90. The van der Waals surface area contributed by atoms with E-state index in [0.29, 0.717) is 6.61 Å². The molecule has 29 heavy (non-hydrogen) atoms. The summed E-state index contributed by atoms with van der Waals surface area (Å²) in [7, 11) is 0. The van der Waals surface area contributed by atoms with E-state index >= 15 is 0 Å². The molecule has 3 nitrogen and oxygen atoms in total. The molecule has 0 unspecified atom stereocenters. The number of hydrogen-bond acceptors (Lipinski definition) is 3. The molecule has 3 heteroatoms. The van der Waals surface area contributed by atoms with Crippen LogP contribution in [0, 0.1) is 11.3 Å². The lowest BCUT2D eigenvalue weighted by atomic mass is 10.0. The van der Waals surface area contributed by atoms with Crippen molar-refractivity contribution in [2.75, 3.05) is 0 Å². The van der Waals surface area contributed by atoms with E-state index in [2.05, 4.69) is 41.4 Å². The van der Waals surface area contributed by atoms with E-state index in [1.165, 1.54) is 17.2 Å². The Morgan fingerprint density at radius 3 is 2.59 bits per heavy atom. The van der Waals surface area contributed by atoms with Crippen molar-refractivity contribution >= 4 is 17.0 Å². The zero-order valence-electron chi connectivity index (χ0n) is 16.0. The van der Waals surface area contributed by atoms with Crippen molar-refractivity contribution < 1.29 is 4.74 Å². The molecule has 0 saturated heterocycles. The van der Waals surface area contributed by atoms with E-state index in [4.69, 9.17) is 10.00 Å². The van der Waals surface area contributed by atoms with Gasteiger partial charge in [0.1, 0.15) is 12.4 Å². The Labute approximate surface area is 170 Å². The zero-order chi connectivity index (χ0) is 19.9. The van der Waals surface area contributed by atoms with Crippen molar-refractivity contribution in [3.8, 4) is 11.8 Å². The maximum absolute atomic E-state index is 8.69. The number of fused-ring (bicyclic) bond motifs is 1. The normalized spacial score (nSPS) is 10.9. The predicted octanol–water partition coefficient (Wildman–Crippen LogP) is 5.94. The van der Waals surface area contributed by atoms with Crippen molar-refractivity contribution in [3.63, 3.8) is 0 Å². The van der Waals surface area contributed by atoms with E-state index in [-0.39, 0.29) is 0 Å². The van der Waals surface area contributed by atoms with Gasteiger partial charge in [0.15, 0.2) is 0 Å². The van der Waals surface area contributed by atoms with Crippen LogP contribution in [0.3, 0.4) is 0 Å². The number of para-hydroxylation sites is 1. The molecule has 0 spiro atoms. The van der Waals surface area contributed by atoms with Gasteiger partial charge in [-0.3, -0.25) is 0 Å². The monoisotopic (exact) mass is 376 g/mol. The van der Waals surface area contributed by atoms with Crippen LogP contribution in [0.2, 0.25) is 0 Å². The highest BCUT2D eigenvalue weighted by Gasteiger charge is 2.03. The number of benzene rings is 3. The summed E-state index contributed by atoms with van der Waals surface area (Å²) in [5.41, 5.74) is 5.28. The maximum Gasteiger partial charge on any atom is 0.130 e. The van der Waals surface area contributed by atoms with Gasteiger partial charge in [-0.05, 0) is 53.5 Å². The Morgan fingerprint density at radius 2 is 1.69 bits per heavy atom. The second kappa shape index (κ2) is 8.86. The molecule has 4 aromatic rings. The summed E-state index contributed by atoms with van der Waals surface area (Å²) in [6.07, 6.45) is 4.12. The van der Waals surface area contributed by atoms with E-state index < -0.39 is 0 Å². The molecule has 1 heterocycles. The molecule has 140 valence electrons. The summed E-state index contributed by atoms with van der Waals surface area (Å²) >= 11 is 0. The van der Waals surface area contributed by atoms with Gasteiger partial charge in [0.25, 0.3) is 0 Å². The van der Waals surface area contributed by atoms with E-state index in [1.54, 1.807) is 0 Å². The Kier molecular flexibility index (Phi) is 5.64. The van der Waals surface area contributed by atoms with E-state index in [1.807, 2.05) is 60.7 Å². The quantitative estimate of drug-likeness (QED) is 0.391. The fourth-order valence-electron chi connectivity index (χ4n) is 3.27. The summed E-state index contributed by atoms with van der Waals surface area (Å²) in [4.78, 5) is 4.66. The molecule has 0 aliphatic heterocycles. The number of pyridine rings is 1. The third-order valence-electron chi connectivity index (χ3n) is 4.65. The number of nitriles is 1. The third kappa shape index (κ3) is 4.88. The van der Waals surface area contributed by atoms with Crippen LogP contribution < -0.4 is 4.74 Å². The molecular formula is C26H20N2O. The summed E-state index contributed by atoms with van der Waals surface area (Å²) in [5, 5.41) is 9.82. The fourth-order valence-corrected chi connectivity index (χ4v) is 3.27. The molecule has 0 bridgehead atoms. The van der Waals surface area contributed by atoms with Gasteiger partial charge in [-0.25, -0.2) is 4.98 Å². The maximum atomic E-state index is 8.69. The van der Waals surface area contributed by atoms with Crippen molar-refractivity contribution in [2.24, 2.45) is 0 Å². The first-order valence-electron chi connectivity index (χ1n) is 9.52. The van der Waals surface area contributed by atoms with Gasteiger partial charge in [0.2, 0.25) is 0 Å². The second-order valence-electron chi connectivity index (χ2n) is 6.82. The molecule has 0 aliphatic rings. The van der Waals surface area contributed by atoms with Crippen molar-refractivity contribution in [2.45, 2.75) is 13.0 Å². The number of allylic oxidation sites excluding steroid dienone is 1. The molecule has 3 aromatic carbocycles. The number of aromatic nitrogens is 1. The van der Waals surface area contributed by atoms with Gasteiger partial charge in [0, 0.05) is 11.5 Å². The lowest BCUT2D eigenvalue weighted by Crippen LogP contribution is -1.99. The SMILES string of the molecule is N#CC=Cc1cccc(Cc2cccc(OCc3ccc4ccccc4n3)c2)c1. The highest BCUT2D eigenvalue weighted by atomic mass is 16.5. The number of nitrogens with zero attached hydrogens (tertiary/aromatic N) is 2. The fraction of sp³-hybridized carbons (Fsp3) is 0.0769. The molecule has 0 amide bonds. The Balaban J connectivity index is 1.44. The minimum absolute atomic E-state index is 0.433. The van der Waals surface area contributed by atoms with Gasteiger partial charge in [-0.2, -0.15) is 5.26 Å². The van der Waals surface area contributed by atoms with E-state index in [9.17, 15) is 0 Å². The summed E-state index contributed by atoms with van der Waals surface area (Å²) in [6, 6.07) is 30.5. The van der Waals surface area contributed by atoms with Gasteiger partial charge < -0.3 is 4.74 Å². The first kappa shape index (κ1) is 18.5. The number of hydrogen-bond donors (Lipinski definition) is 0. The van der Waals surface area contributed by atoms with Gasteiger partial charge >= 0.3 is 0 Å². The standard InChI is InChI=1S/C26H20N2O/c27-15-5-9-20-6-3-7-21(16-20)17-22-8-4-11-25(18-22)29-19-24-14-13-23-10-1-2-12-26(23)28-24/h1-14,16,18H,17,19H2. The van der Waals surface area contributed by atoms with Crippen LogP contribution in [0.25, 0.3) is 17.0 Å². The smallest absolute Gasteiger partial charge is 0.130 e. The average Bonchev–Trinajstić information content (AvgIpc) is 2.77. The Morgan fingerprint density at radius 1 is 0.862 bits per heavy atom. The topological polar surface area (TPSA) is 45.9 Å². The van der Waals surface area contributed by atoms with Gasteiger partial charge in [0.05, 0.1) is 17.3 Å². The largest absolute Gasteiger partial charge is 0.487 e. The number of rotatable bonds is 6. The minimum atomic E-state index is 0.433. The summed E-state index contributed by atoms with van der Waals surface area (Å²) in [5.74, 6) is 0.831. The summed E-state index contributed by atoms with van der Waals surface area (Å²) in [6.45, 7) is 0.433. The van der Waals surface area contributed by atoms with Crippen LogP contribution in [0.4, 0.5) is 0 Å². The molecular weight excluding hydrogens is 356 g/mol. The van der Waals surface area contributed by atoms with Crippen LogP contribution >= 0.6 is 0 Å². The highest BCUT2D eigenvalue weighted by molar-refractivity contribution is 5.78. The van der Waals surface area contributed by atoms with E-state index in [0.717, 1.165) is 34.3 Å². The lowest BCUT2D eigenvalue weighted by Gasteiger charge is -2.09. The molecule has 1 aromatic heterocycles. The van der Waals surface area contributed by atoms with Crippen molar-refractivity contribution in [1.29, 1.82) is 5.26 Å². The van der Waals surface area contributed by atoms with Crippen molar-refractivity contribution in [1.82, 2.24) is 4.98 Å². The van der Waals surface area contributed by atoms with Crippen LogP contribution in [-0.2, 0) is 13.0 Å². The van der Waals surface area contributed by atoms with Crippen LogP contribution in [0.1, 0.15) is 22.4 Å². The first-order chi connectivity index (χ1) is 14.3. The van der Waals surface area contributed by atoms with Crippen LogP contribution in [0.5, 0.6) is 5.75 Å². The molecule has 0 aliphatic carbocycles. The highest BCUT2D eigenvalue weighted by Crippen LogP contribution is 2.19. The first-order valence-corrected chi connectivity index (χ1v) is 9.52. The molecule has 0 fully saturated rings. The second-order valence-corrected chi connectivity index (χ2v) is 6.82. The number of ether oxygens (including phenoxy) is 1. The minimum Gasteiger partial charge on any atom is -0.487 e. The van der Waals surface area contributed by atoms with Gasteiger partial charge in [-0.15, -0.1) is 0 Å². The molecule has 0 N–H and O–H groups in total. The molecule has 0 saturated carbocycles. The third-order valence-corrected chi connectivity index (χ3v) is 4.65. The molecule has 4 rings (SSSR count). The Bertz CT molecular complexity index is 1200. The van der Waals surface area contributed by atoms with Crippen LogP contribution in [-0.4, -0.2) is 4.98 Å². The molecule has 0 radical (unpaired) electrons. The average molecular weight is 376 g/mol. The zero-order valence-corrected chi connectivity index (χ0v) is 16.0. The summed E-state index contributed by atoms with van der Waals surface area (Å²) < 4.78 is 5.99. The lowest BCUT2D eigenvalue weighted by molar-refractivity contribution is 0.301. The van der Waals surface area contributed by atoms with Gasteiger partial charge in [-0.1, -0.05) is 60.7 Å². The van der Waals surface area contributed by atoms with Crippen LogP contribution in [0.15, 0.2) is 91.0 Å².